The third kappa shape index (κ3) is 3.90. The molecule has 2 saturated heterocycles. The number of hydrogen-bond acceptors (Lipinski definition) is 6. The van der Waals surface area contributed by atoms with Crippen molar-refractivity contribution in [2.24, 2.45) is 0 Å². The average Bonchev–Trinajstić information content (AvgIpc) is 3.37. The number of nitrogens with zero attached hydrogens (tertiary/aromatic N) is 2. The van der Waals surface area contributed by atoms with Crippen molar-refractivity contribution in [1.82, 2.24) is 9.80 Å². The molecule has 2 aromatic rings. The first-order valence-electron chi connectivity index (χ1n) is 9.35. The van der Waals surface area contributed by atoms with Gasteiger partial charge in [0.1, 0.15) is 0 Å². The summed E-state index contributed by atoms with van der Waals surface area (Å²) in [6, 6.07) is 10.6. The monoisotopic (exact) mass is 418 g/mol. The fraction of sp³-hybridized carbons (Fsp3) is 0.400. The summed E-state index contributed by atoms with van der Waals surface area (Å²) in [4.78, 5) is 30.4. The van der Waals surface area contributed by atoms with Crippen molar-refractivity contribution in [2.45, 2.75) is 12.5 Å². The lowest BCUT2D eigenvalue weighted by atomic mass is 10.0. The van der Waals surface area contributed by atoms with Crippen LogP contribution in [0.4, 0.5) is 0 Å². The number of thiophene rings is 1. The number of carbonyl (C=O) groups excluding carboxylic acids is 2. The van der Waals surface area contributed by atoms with E-state index >= 15 is 0 Å². The normalized spacial score (nSPS) is 22.3. The van der Waals surface area contributed by atoms with Crippen molar-refractivity contribution in [3.63, 3.8) is 0 Å². The van der Waals surface area contributed by atoms with Gasteiger partial charge in [0, 0.05) is 37.8 Å². The first-order chi connectivity index (χ1) is 13.4. The van der Waals surface area contributed by atoms with Gasteiger partial charge in [0.05, 0.1) is 21.9 Å². The fourth-order valence-electron chi connectivity index (χ4n) is 3.93. The van der Waals surface area contributed by atoms with Crippen LogP contribution in [0.2, 0.25) is 0 Å². The van der Waals surface area contributed by atoms with Crippen LogP contribution in [0.5, 0.6) is 0 Å². The highest BCUT2D eigenvalue weighted by Gasteiger charge is 2.34. The summed E-state index contributed by atoms with van der Waals surface area (Å²) >= 11 is 1.37. The van der Waals surface area contributed by atoms with Crippen molar-refractivity contribution in [3.8, 4) is 0 Å². The lowest BCUT2D eigenvalue weighted by Gasteiger charge is -2.37. The van der Waals surface area contributed by atoms with Crippen LogP contribution in [0.15, 0.2) is 41.8 Å². The maximum Gasteiger partial charge on any atom is 0.254 e. The largest absolute Gasteiger partial charge is 0.336 e. The maximum absolute atomic E-state index is 13.1. The Morgan fingerprint density at radius 2 is 1.68 bits per heavy atom. The Labute approximate surface area is 168 Å². The number of piperazine rings is 1. The second kappa shape index (κ2) is 7.77. The number of sulfone groups is 1. The highest BCUT2D eigenvalue weighted by atomic mass is 32.2. The Morgan fingerprint density at radius 3 is 2.29 bits per heavy atom. The minimum Gasteiger partial charge on any atom is -0.336 e. The molecule has 0 N–H and O–H groups in total. The quantitative estimate of drug-likeness (QED) is 0.710. The van der Waals surface area contributed by atoms with E-state index in [-0.39, 0.29) is 29.2 Å². The summed E-state index contributed by atoms with van der Waals surface area (Å²) in [6.45, 7) is 2.40. The minimum absolute atomic E-state index is 0.0648. The minimum atomic E-state index is -2.91. The van der Waals surface area contributed by atoms with Crippen LogP contribution in [0, 0.1) is 0 Å². The Bertz CT molecular complexity index is 977. The summed E-state index contributed by atoms with van der Waals surface area (Å²) in [5.41, 5.74) is 0.858. The molecule has 1 atom stereocenters. The third-order valence-corrected chi connectivity index (χ3v) is 8.09. The fourth-order valence-corrected chi connectivity index (χ4v) is 6.37. The maximum atomic E-state index is 13.1. The molecule has 0 spiro atoms. The molecule has 2 fully saturated rings. The Hall–Kier alpha value is -2.03. The van der Waals surface area contributed by atoms with Crippen LogP contribution >= 0.6 is 11.3 Å². The number of ketones is 1. The molecule has 1 amide bonds. The van der Waals surface area contributed by atoms with Crippen LogP contribution in [0.1, 0.15) is 32.0 Å². The molecule has 8 heteroatoms. The van der Waals surface area contributed by atoms with Gasteiger partial charge in [-0.05, 0) is 23.9 Å². The summed E-state index contributed by atoms with van der Waals surface area (Å²) in [6.07, 6.45) is 0.675. The Kier molecular flexibility index (Phi) is 5.35. The lowest BCUT2D eigenvalue weighted by Crippen LogP contribution is -2.52. The van der Waals surface area contributed by atoms with E-state index in [0.717, 1.165) is 0 Å². The SMILES string of the molecule is O=C(c1cccs1)c1ccccc1C(=O)N1CCN([C@H]2CCS(=O)(=O)C2)CC1. The predicted molar refractivity (Wildman–Crippen MR) is 109 cm³/mol. The van der Waals surface area contributed by atoms with Crippen molar-refractivity contribution in [2.75, 3.05) is 37.7 Å². The molecule has 0 aliphatic carbocycles. The van der Waals surface area contributed by atoms with E-state index in [2.05, 4.69) is 4.90 Å². The number of benzene rings is 1. The van der Waals surface area contributed by atoms with E-state index in [9.17, 15) is 18.0 Å². The smallest absolute Gasteiger partial charge is 0.254 e. The molecule has 4 rings (SSSR count). The second-order valence-corrected chi connectivity index (χ2v) is 10.4. The van der Waals surface area contributed by atoms with E-state index in [1.165, 1.54) is 11.3 Å². The van der Waals surface area contributed by atoms with Gasteiger partial charge in [-0.15, -0.1) is 11.3 Å². The molecule has 0 bridgehead atoms. The summed E-state index contributed by atoms with van der Waals surface area (Å²) in [5.74, 6) is 0.210. The van der Waals surface area contributed by atoms with Crippen LogP contribution in [0.25, 0.3) is 0 Å². The number of carbonyl (C=O) groups is 2. The van der Waals surface area contributed by atoms with Gasteiger partial charge >= 0.3 is 0 Å². The summed E-state index contributed by atoms with van der Waals surface area (Å²) < 4.78 is 23.4. The van der Waals surface area contributed by atoms with E-state index in [1.807, 2.05) is 11.4 Å². The Morgan fingerprint density at radius 1 is 0.964 bits per heavy atom. The molecule has 1 aromatic heterocycles. The molecule has 3 heterocycles. The van der Waals surface area contributed by atoms with Gasteiger partial charge in [0.25, 0.3) is 5.91 Å². The number of hydrogen-bond donors (Lipinski definition) is 0. The zero-order chi connectivity index (χ0) is 19.7. The molecule has 6 nitrogen and oxygen atoms in total. The lowest BCUT2D eigenvalue weighted by molar-refractivity contribution is 0.0585. The van der Waals surface area contributed by atoms with E-state index in [4.69, 9.17) is 0 Å². The van der Waals surface area contributed by atoms with Crippen LogP contribution < -0.4 is 0 Å². The first-order valence-corrected chi connectivity index (χ1v) is 12.1. The molecular formula is C20H22N2O4S2. The Balaban J connectivity index is 1.46. The van der Waals surface area contributed by atoms with Crippen LogP contribution in [-0.2, 0) is 9.84 Å². The molecule has 0 unspecified atom stereocenters. The highest BCUT2D eigenvalue weighted by molar-refractivity contribution is 7.91. The second-order valence-electron chi connectivity index (χ2n) is 7.24. The molecule has 2 aliphatic heterocycles. The van der Waals surface area contributed by atoms with Crippen molar-refractivity contribution < 1.29 is 18.0 Å². The van der Waals surface area contributed by atoms with Gasteiger partial charge in [-0.25, -0.2) is 8.42 Å². The van der Waals surface area contributed by atoms with Crippen molar-refractivity contribution in [1.29, 1.82) is 0 Å². The van der Waals surface area contributed by atoms with Gasteiger partial charge in [-0.1, -0.05) is 24.3 Å². The number of amides is 1. The van der Waals surface area contributed by atoms with Crippen molar-refractivity contribution >= 4 is 32.9 Å². The average molecular weight is 419 g/mol. The predicted octanol–water partition coefficient (Wildman–Crippen LogP) is 1.92. The molecule has 0 saturated carbocycles. The standard InChI is InChI=1S/C20H22N2O4S2/c23-19(18-6-3-12-27-18)16-4-1-2-5-17(16)20(24)22-10-8-21(9-11-22)15-7-13-28(25,26)14-15/h1-6,12,15H,7-11,13-14H2/t15-/m0/s1. The van der Waals surface area contributed by atoms with Crippen molar-refractivity contribution in [3.05, 3.63) is 57.8 Å². The summed E-state index contributed by atoms with van der Waals surface area (Å²) in [5, 5.41) is 1.85. The van der Waals surface area contributed by atoms with Gasteiger partial charge < -0.3 is 4.90 Å². The van der Waals surface area contributed by atoms with Crippen LogP contribution in [0.3, 0.4) is 0 Å². The molecule has 2 aliphatic rings. The highest BCUT2D eigenvalue weighted by Crippen LogP contribution is 2.22. The first kappa shape index (κ1) is 19.3. The van der Waals surface area contributed by atoms with E-state index < -0.39 is 9.84 Å². The van der Waals surface area contributed by atoms with Gasteiger partial charge in [-0.3, -0.25) is 14.5 Å². The van der Waals surface area contributed by atoms with Gasteiger partial charge in [-0.2, -0.15) is 0 Å². The molecular weight excluding hydrogens is 396 g/mol. The zero-order valence-corrected chi connectivity index (χ0v) is 17.0. The zero-order valence-electron chi connectivity index (χ0n) is 15.4. The number of rotatable bonds is 4. The van der Waals surface area contributed by atoms with Crippen LogP contribution in [-0.4, -0.2) is 73.6 Å². The molecule has 148 valence electrons. The van der Waals surface area contributed by atoms with E-state index in [1.54, 1.807) is 35.2 Å². The molecule has 28 heavy (non-hydrogen) atoms. The topological polar surface area (TPSA) is 74.8 Å². The molecule has 0 radical (unpaired) electrons. The van der Waals surface area contributed by atoms with Gasteiger partial charge in [0.2, 0.25) is 5.78 Å². The van der Waals surface area contributed by atoms with E-state index in [0.29, 0.717) is 48.6 Å². The third-order valence-electron chi connectivity index (χ3n) is 5.47. The molecule has 1 aromatic carbocycles. The summed E-state index contributed by atoms with van der Waals surface area (Å²) in [7, 11) is -2.91. The van der Waals surface area contributed by atoms with Gasteiger partial charge in [0.15, 0.2) is 9.84 Å².